The highest BCUT2D eigenvalue weighted by Gasteiger charge is 2.41. The van der Waals surface area contributed by atoms with Crippen LogP contribution in [-0.4, -0.2) is 0 Å². The molecule has 0 aromatic heterocycles. The van der Waals surface area contributed by atoms with E-state index in [0.29, 0.717) is 17.7 Å². The van der Waals surface area contributed by atoms with Gasteiger partial charge in [0.05, 0.1) is 0 Å². The summed E-state index contributed by atoms with van der Waals surface area (Å²) in [6, 6.07) is 9.38. The van der Waals surface area contributed by atoms with Gasteiger partial charge in [-0.15, -0.1) is 0 Å². The smallest absolute Gasteiger partial charge is 0.429 e. The highest BCUT2D eigenvalue weighted by Crippen LogP contribution is 2.39. The van der Waals surface area contributed by atoms with Crippen molar-refractivity contribution in [3.05, 3.63) is 113 Å². The van der Waals surface area contributed by atoms with Crippen molar-refractivity contribution in [1.29, 1.82) is 0 Å². The molecule has 0 radical (unpaired) electrons. The van der Waals surface area contributed by atoms with Crippen LogP contribution in [0.15, 0.2) is 60.7 Å². The summed E-state index contributed by atoms with van der Waals surface area (Å²) in [7, 11) is 0. The highest BCUT2D eigenvalue weighted by molar-refractivity contribution is 5.72. The first-order valence-corrected chi connectivity index (χ1v) is 10.2. The van der Waals surface area contributed by atoms with E-state index in [4.69, 9.17) is 0 Å². The van der Waals surface area contributed by atoms with Gasteiger partial charge >= 0.3 is 6.11 Å². The number of hydrogen-bond donors (Lipinski definition) is 0. The van der Waals surface area contributed by atoms with Gasteiger partial charge in [0.2, 0.25) is 0 Å². The first kappa shape index (κ1) is 25.2. The van der Waals surface area contributed by atoms with Gasteiger partial charge in [0.1, 0.15) is 22.9 Å². The van der Waals surface area contributed by atoms with E-state index < -0.39 is 69.3 Å². The van der Waals surface area contributed by atoms with Gasteiger partial charge in [-0.05, 0) is 30.2 Å². The van der Waals surface area contributed by atoms with Gasteiger partial charge in [-0.25, -0.2) is 30.7 Å². The van der Waals surface area contributed by atoms with Crippen LogP contribution in [0.25, 0.3) is 22.3 Å². The second-order valence-electron chi connectivity index (χ2n) is 7.79. The molecule has 10 heteroatoms. The summed E-state index contributed by atoms with van der Waals surface area (Å²) in [5, 5.41) is 0. The molecule has 0 aliphatic heterocycles. The van der Waals surface area contributed by atoms with Gasteiger partial charge < -0.3 is 4.74 Å². The SMILES string of the molecule is Cc1ccc(-c2ccc(-c3cc(F)c(C(F)(F)Oc4cc(F)c(F)c(F)c4)c(F)c3)c(F)c2F)cc1. The first-order valence-electron chi connectivity index (χ1n) is 10.2. The quantitative estimate of drug-likeness (QED) is 0.193. The molecule has 4 aromatic carbocycles. The predicted octanol–water partition coefficient (Wildman–Crippen LogP) is 8.43. The number of rotatable bonds is 5. The zero-order chi connectivity index (χ0) is 26.4. The second-order valence-corrected chi connectivity index (χ2v) is 7.79. The van der Waals surface area contributed by atoms with Crippen molar-refractivity contribution in [2.75, 3.05) is 0 Å². The minimum absolute atomic E-state index is 0.0598. The number of hydrogen-bond acceptors (Lipinski definition) is 1. The monoisotopic (exact) mass is 512 g/mol. The molecule has 0 aliphatic rings. The molecule has 4 aromatic rings. The van der Waals surface area contributed by atoms with E-state index in [-0.39, 0.29) is 17.7 Å². The Hall–Kier alpha value is -3.95. The van der Waals surface area contributed by atoms with Gasteiger partial charge in [-0.2, -0.15) is 8.78 Å². The maximum absolute atomic E-state index is 14.8. The Morgan fingerprint density at radius 1 is 0.556 bits per heavy atom. The third kappa shape index (κ3) is 4.62. The van der Waals surface area contributed by atoms with Crippen LogP contribution >= 0.6 is 0 Å². The lowest BCUT2D eigenvalue weighted by Gasteiger charge is -2.20. The largest absolute Gasteiger partial charge is 0.432 e. The Morgan fingerprint density at radius 2 is 1.03 bits per heavy atom. The van der Waals surface area contributed by atoms with E-state index >= 15 is 0 Å². The van der Waals surface area contributed by atoms with Gasteiger partial charge in [0.25, 0.3) is 0 Å². The topological polar surface area (TPSA) is 9.23 Å². The molecule has 0 atom stereocenters. The molecular weight excluding hydrogens is 499 g/mol. The molecule has 0 fully saturated rings. The Bertz CT molecular complexity index is 1420. The van der Waals surface area contributed by atoms with E-state index in [1.807, 2.05) is 0 Å². The van der Waals surface area contributed by atoms with Crippen LogP contribution in [0.3, 0.4) is 0 Å². The van der Waals surface area contributed by atoms with Crippen LogP contribution in [0.5, 0.6) is 5.75 Å². The highest BCUT2D eigenvalue weighted by atomic mass is 19.3. The second kappa shape index (κ2) is 9.25. The molecule has 0 spiro atoms. The van der Waals surface area contributed by atoms with Crippen molar-refractivity contribution < 1.29 is 44.3 Å². The lowest BCUT2D eigenvalue weighted by atomic mass is 9.97. The van der Waals surface area contributed by atoms with E-state index in [0.717, 1.165) is 17.7 Å². The summed E-state index contributed by atoms with van der Waals surface area (Å²) in [6.45, 7) is 1.79. The molecule has 0 unspecified atom stereocenters. The molecule has 0 amide bonds. The number of alkyl halides is 2. The van der Waals surface area contributed by atoms with Crippen LogP contribution < -0.4 is 4.74 Å². The summed E-state index contributed by atoms with van der Waals surface area (Å²) in [6.07, 6.45) is -4.82. The lowest BCUT2D eigenvalue weighted by molar-refractivity contribution is -0.189. The van der Waals surface area contributed by atoms with Crippen LogP contribution in [0.2, 0.25) is 0 Å². The van der Waals surface area contributed by atoms with E-state index in [9.17, 15) is 39.5 Å². The summed E-state index contributed by atoms with van der Waals surface area (Å²) >= 11 is 0. The van der Waals surface area contributed by atoms with Gasteiger partial charge in [-0.1, -0.05) is 42.0 Å². The van der Waals surface area contributed by atoms with Gasteiger partial charge in [0.15, 0.2) is 29.1 Å². The van der Waals surface area contributed by atoms with Crippen LogP contribution in [0.4, 0.5) is 39.5 Å². The van der Waals surface area contributed by atoms with Crippen molar-refractivity contribution >= 4 is 0 Å². The van der Waals surface area contributed by atoms with Crippen LogP contribution in [0.1, 0.15) is 11.1 Å². The standard InChI is InChI=1S/C26H13F9O/c1-12-2-4-13(5-3-12)16-6-7-17(24(32)23(16)31)14-8-18(27)22(19(28)9-14)26(34,35)36-15-10-20(29)25(33)21(30)11-15/h2-11H,1H3. The van der Waals surface area contributed by atoms with Crippen LogP contribution in [0, 0.1) is 47.6 Å². The predicted molar refractivity (Wildman–Crippen MR) is 113 cm³/mol. The minimum atomic E-state index is -4.82. The Balaban J connectivity index is 1.71. The lowest BCUT2D eigenvalue weighted by Crippen LogP contribution is -2.25. The molecule has 4 rings (SSSR count). The number of ether oxygens (including phenoxy) is 1. The number of halogens is 9. The fraction of sp³-hybridized carbons (Fsp3) is 0.0769. The maximum atomic E-state index is 14.8. The Kier molecular flexibility index (Phi) is 6.46. The van der Waals surface area contributed by atoms with Crippen molar-refractivity contribution in [2.45, 2.75) is 13.0 Å². The van der Waals surface area contributed by atoms with E-state index in [1.54, 1.807) is 31.2 Å². The zero-order valence-corrected chi connectivity index (χ0v) is 18.1. The number of benzene rings is 4. The average molecular weight is 512 g/mol. The molecule has 0 aliphatic carbocycles. The third-order valence-corrected chi connectivity index (χ3v) is 5.29. The third-order valence-electron chi connectivity index (χ3n) is 5.29. The molecule has 0 saturated heterocycles. The summed E-state index contributed by atoms with van der Waals surface area (Å²) < 4.78 is 131. The van der Waals surface area contributed by atoms with E-state index in [2.05, 4.69) is 4.74 Å². The maximum Gasteiger partial charge on any atom is 0.432 e. The van der Waals surface area contributed by atoms with Gasteiger partial charge in [-0.3, -0.25) is 0 Å². The normalized spacial score (nSPS) is 11.6. The van der Waals surface area contributed by atoms with Crippen LogP contribution in [-0.2, 0) is 6.11 Å². The minimum Gasteiger partial charge on any atom is -0.429 e. The fourth-order valence-corrected chi connectivity index (χ4v) is 3.53. The molecular formula is C26H13F9O. The fourth-order valence-electron chi connectivity index (χ4n) is 3.53. The molecule has 36 heavy (non-hydrogen) atoms. The number of aryl methyl sites for hydroxylation is 1. The Labute approximate surface area is 198 Å². The summed E-state index contributed by atoms with van der Waals surface area (Å²) in [5.74, 6) is -13.6. The molecule has 1 nitrogen and oxygen atoms in total. The van der Waals surface area contributed by atoms with Crippen molar-refractivity contribution in [2.24, 2.45) is 0 Å². The molecule has 0 heterocycles. The average Bonchev–Trinajstić information content (AvgIpc) is 2.79. The van der Waals surface area contributed by atoms with Gasteiger partial charge in [0, 0.05) is 23.3 Å². The van der Waals surface area contributed by atoms with E-state index in [1.165, 1.54) is 0 Å². The summed E-state index contributed by atoms with van der Waals surface area (Å²) in [4.78, 5) is 0. The Morgan fingerprint density at radius 3 is 1.53 bits per heavy atom. The molecule has 0 saturated carbocycles. The zero-order valence-electron chi connectivity index (χ0n) is 18.1. The molecule has 0 N–H and O–H groups in total. The van der Waals surface area contributed by atoms with Crippen molar-refractivity contribution in [3.63, 3.8) is 0 Å². The van der Waals surface area contributed by atoms with Crippen molar-refractivity contribution in [3.8, 4) is 28.0 Å². The molecule has 186 valence electrons. The first-order chi connectivity index (χ1) is 16.9. The molecule has 0 bridgehead atoms. The summed E-state index contributed by atoms with van der Waals surface area (Å²) in [5.41, 5.74) is -2.10. The van der Waals surface area contributed by atoms with Crippen molar-refractivity contribution in [1.82, 2.24) is 0 Å².